The zero-order valence-electron chi connectivity index (χ0n) is 13.1. The number of fused-ring (bicyclic) bond motifs is 1. The third-order valence-electron chi connectivity index (χ3n) is 3.45. The first kappa shape index (κ1) is 17.3. The molecule has 0 saturated heterocycles. The summed E-state index contributed by atoms with van der Waals surface area (Å²) in [5, 5.41) is 1.01. The Kier molecular flexibility index (Phi) is 5.66. The third-order valence-corrected chi connectivity index (χ3v) is 6.04. The molecule has 117 valence electrons. The van der Waals surface area contributed by atoms with Crippen LogP contribution in [-0.2, 0) is 31.2 Å². The fourth-order valence-electron chi connectivity index (χ4n) is 2.43. The van der Waals surface area contributed by atoms with E-state index in [2.05, 4.69) is 17.5 Å². The van der Waals surface area contributed by atoms with Crippen LogP contribution in [0.15, 0.2) is 29.7 Å². The van der Waals surface area contributed by atoms with E-state index >= 15 is 0 Å². The topological polar surface area (TPSA) is 54.3 Å². The Morgan fingerprint density at radius 2 is 2.35 bits per heavy atom. The number of carbonyl (C=O) groups is 1. The van der Waals surface area contributed by atoms with Gasteiger partial charge < -0.3 is 0 Å². The summed E-state index contributed by atoms with van der Waals surface area (Å²) in [5.41, 5.74) is 0.906. The third kappa shape index (κ3) is 3.75. The van der Waals surface area contributed by atoms with Crippen molar-refractivity contribution in [2.24, 2.45) is 0 Å². The summed E-state index contributed by atoms with van der Waals surface area (Å²) in [7, 11) is 1.99. The molecule has 9 heteroatoms. The first-order valence-corrected chi connectivity index (χ1v) is 11.8. The van der Waals surface area contributed by atoms with Gasteiger partial charge in [0.15, 0.2) is 0 Å². The summed E-state index contributed by atoms with van der Waals surface area (Å²) in [6, 6.07) is 2.03. The number of likely N-dealkylation sites (N-methyl/N-ethyl adjacent to an activating group) is 1. The van der Waals surface area contributed by atoms with E-state index in [0.717, 1.165) is 34.1 Å². The number of hydrogen-bond donors (Lipinski definition) is 0. The van der Waals surface area contributed by atoms with Gasteiger partial charge in [-0.3, -0.25) is 0 Å². The SMILES string of the molecule is CSn1ccc2c(N3C=C(C(=O)C[N](C)[Hg])SCC3)ncnc21. The number of hydrogen-bond acceptors (Lipinski definition) is 7. The van der Waals surface area contributed by atoms with Crippen molar-refractivity contribution in [2.45, 2.75) is 0 Å². The van der Waals surface area contributed by atoms with E-state index in [9.17, 15) is 4.79 Å². The summed E-state index contributed by atoms with van der Waals surface area (Å²) < 4.78 is 4.11. The van der Waals surface area contributed by atoms with E-state index in [1.165, 1.54) is 0 Å². The molecule has 0 bridgehead atoms. The molecule has 2 aromatic rings. The number of aromatic nitrogens is 3. The van der Waals surface area contributed by atoms with Gasteiger partial charge in [-0.15, -0.1) is 0 Å². The number of thioether (sulfide) groups is 1. The number of nitrogens with zero attached hydrogens (tertiary/aromatic N) is 5. The van der Waals surface area contributed by atoms with Gasteiger partial charge in [-0.25, -0.2) is 0 Å². The van der Waals surface area contributed by atoms with Crippen molar-refractivity contribution in [1.82, 2.24) is 16.6 Å². The Labute approximate surface area is 160 Å². The van der Waals surface area contributed by atoms with Gasteiger partial charge in [0, 0.05) is 0 Å². The monoisotopic (exact) mass is 536 g/mol. The van der Waals surface area contributed by atoms with Gasteiger partial charge in [-0.1, -0.05) is 0 Å². The predicted molar refractivity (Wildman–Crippen MR) is 92.0 cm³/mol. The van der Waals surface area contributed by atoms with Gasteiger partial charge in [-0.05, 0) is 0 Å². The van der Waals surface area contributed by atoms with Crippen LogP contribution in [0.1, 0.15) is 0 Å². The van der Waals surface area contributed by atoms with Crippen molar-refractivity contribution in [1.29, 1.82) is 0 Å². The summed E-state index contributed by atoms with van der Waals surface area (Å²) in [6.45, 7) is 1.36. The van der Waals surface area contributed by atoms with E-state index in [4.69, 9.17) is 0 Å². The zero-order chi connectivity index (χ0) is 16.4. The maximum absolute atomic E-state index is 12.3. The molecule has 1 aliphatic rings. The normalized spacial score (nSPS) is 15.3. The van der Waals surface area contributed by atoms with Crippen molar-refractivity contribution >= 4 is 46.3 Å². The van der Waals surface area contributed by atoms with E-state index in [1.807, 2.05) is 35.7 Å². The second kappa shape index (κ2) is 7.54. The molecule has 0 aliphatic carbocycles. The number of anilines is 1. The molecule has 0 N–H and O–H groups in total. The molecule has 0 amide bonds. The van der Waals surface area contributed by atoms with Crippen LogP contribution in [0.5, 0.6) is 0 Å². The molecule has 6 nitrogen and oxygen atoms in total. The van der Waals surface area contributed by atoms with Crippen LogP contribution >= 0.6 is 23.7 Å². The average Bonchev–Trinajstić information content (AvgIpc) is 2.97. The molecule has 1 aliphatic heterocycles. The summed E-state index contributed by atoms with van der Waals surface area (Å²) in [6.07, 6.45) is 7.56. The van der Waals surface area contributed by atoms with Crippen LogP contribution in [0, 0.1) is 0 Å². The van der Waals surface area contributed by atoms with Gasteiger partial charge in [-0.2, -0.15) is 0 Å². The van der Waals surface area contributed by atoms with Crippen molar-refractivity contribution < 1.29 is 31.2 Å². The number of Topliss-reactive ketones (excluding diaryl/α,β-unsaturated/α-hetero) is 1. The standard InChI is InChI=1S/C14H16N5OS2.Hg/c1-15-7-11(20)12-8-18(5-6-22-12)13-10-3-4-19(21-2)14(10)17-9-16-13;/h3-4,8-9H,5-7H2,1-2H3;/q-1;+1. The van der Waals surface area contributed by atoms with Crippen LogP contribution in [-0.4, -0.2) is 54.5 Å². The van der Waals surface area contributed by atoms with Gasteiger partial charge in [0.1, 0.15) is 0 Å². The predicted octanol–water partition coefficient (Wildman–Crippen LogP) is 1.91. The number of ketones is 1. The molecular formula is C14H16HgN5OS2. The van der Waals surface area contributed by atoms with Crippen LogP contribution < -0.4 is 4.90 Å². The first-order chi connectivity index (χ1) is 11.1. The molecule has 0 radical (unpaired) electrons. The summed E-state index contributed by atoms with van der Waals surface area (Å²) in [4.78, 5) is 24.1. The molecule has 0 unspecified atom stereocenters. The molecule has 3 heterocycles. The van der Waals surface area contributed by atoms with Gasteiger partial charge in [0.2, 0.25) is 0 Å². The average molecular weight is 535 g/mol. The molecule has 0 aromatic carbocycles. The Morgan fingerprint density at radius 3 is 3.09 bits per heavy atom. The van der Waals surface area contributed by atoms with Crippen LogP contribution in [0.2, 0.25) is 0 Å². The minimum absolute atomic E-state index is 0.198. The molecule has 2 aromatic heterocycles. The Morgan fingerprint density at radius 1 is 1.52 bits per heavy atom. The zero-order valence-corrected chi connectivity index (χ0v) is 20.2. The fourth-order valence-corrected chi connectivity index (χ4v) is 4.66. The Balaban J connectivity index is 1.95. The fraction of sp³-hybridized carbons (Fsp3) is 0.357. The van der Waals surface area contributed by atoms with Crippen molar-refractivity contribution in [3.05, 3.63) is 29.7 Å². The van der Waals surface area contributed by atoms with Gasteiger partial charge in [0.25, 0.3) is 0 Å². The van der Waals surface area contributed by atoms with E-state index in [0.29, 0.717) is 33.0 Å². The second-order valence-corrected chi connectivity index (χ2v) is 11.3. The molecular weight excluding hydrogens is 519 g/mol. The molecule has 0 spiro atoms. The van der Waals surface area contributed by atoms with Gasteiger partial charge >= 0.3 is 161 Å². The Hall–Kier alpha value is -0.575. The quantitative estimate of drug-likeness (QED) is 0.543. The number of carbonyl (C=O) groups excluding carboxylic acids is 1. The van der Waals surface area contributed by atoms with Crippen molar-refractivity contribution in [2.75, 3.05) is 37.0 Å². The minimum atomic E-state index is 0.198. The van der Waals surface area contributed by atoms with Crippen molar-refractivity contribution in [3.8, 4) is 0 Å². The van der Waals surface area contributed by atoms with E-state index in [-0.39, 0.29) is 5.78 Å². The van der Waals surface area contributed by atoms with Crippen molar-refractivity contribution in [3.63, 3.8) is 0 Å². The van der Waals surface area contributed by atoms with Crippen LogP contribution in [0.3, 0.4) is 0 Å². The molecule has 0 fully saturated rings. The van der Waals surface area contributed by atoms with Crippen LogP contribution in [0.25, 0.3) is 11.0 Å². The van der Waals surface area contributed by atoms with E-state index in [1.54, 1.807) is 30.0 Å². The molecule has 0 atom stereocenters. The van der Waals surface area contributed by atoms with Crippen LogP contribution in [0.4, 0.5) is 5.82 Å². The molecule has 3 rings (SSSR count). The molecule has 23 heavy (non-hydrogen) atoms. The first-order valence-electron chi connectivity index (χ1n) is 7.13. The summed E-state index contributed by atoms with van der Waals surface area (Å²) in [5.74, 6) is 1.96. The van der Waals surface area contributed by atoms with Gasteiger partial charge in [0.05, 0.1) is 0 Å². The second-order valence-electron chi connectivity index (χ2n) is 5.23. The Bertz CT molecular complexity index is 761. The molecule has 0 saturated carbocycles. The maximum atomic E-state index is 12.3. The summed E-state index contributed by atoms with van der Waals surface area (Å²) >= 11 is 3.72. The number of rotatable bonds is 5. The van der Waals surface area contributed by atoms with E-state index < -0.39 is 0 Å².